The summed E-state index contributed by atoms with van der Waals surface area (Å²) >= 11 is 3.14. The van der Waals surface area contributed by atoms with Crippen LogP contribution in [0.2, 0.25) is 0 Å². The first kappa shape index (κ1) is 11.7. The van der Waals surface area contributed by atoms with Gasteiger partial charge in [0.25, 0.3) is 0 Å². The van der Waals surface area contributed by atoms with E-state index in [1.807, 2.05) is 0 Å². The maximum atomic E-state index is 13.5. The van der Waals surface area contributed by atoms with Crippen molar-refractivity contribution in [3.05, 3.63) is 22.4 Å². The Morgan fingerprint density at radius 2 is 2.12 bits per heavy atom. The number of rotatable bonds is 1. The van der Waals surface area contributed by atoms with E-state index in [0.717, 1.165) is 25.2 Å². The van der Waals surface area contributed by atoms with Crippen LogP contribution >= 0.6 is 15.9 Å². The van der Waals surface area contributed by atoms with Crippen LogP contribution in [0.25, 0.3) is 0 Å². The Kier molecular flexibility index (Phi) is 2.86. The highest BCUT2D eigenvalue weighted by molar-refractivity contribution is 9.10. The highest BCUT2D eigenvalue weighted by Crippen LogP contribution is 2.36. The van der Waals surface area contributed by atoms with Gasteiger partial charge in [-0.2, -0.15) is 0 Å². The van der Waals surface area contributed by atoms with Gasteiger partial charge in [-0.25, -0.2) is 4.39 Å². The van der Waals surface area contributed by atoms with Gasteiger partial charge in [-0.15, -0.1) is 0 Å². The number of nitrogens with two attached hydrogens (primary N) is 1. The minimum atomic E-state index is -0.256. The highest BCUT2D eigenvalue weighted by Gasteiger charge is 2.30. The molecule has 2 rings (SSSR count). The van der Waals surface area contributed by atoms with Crippen molar-refractivity contribution in [1.82, 2.24) is 0 Å². The summed E-state index contributed by atoms with van der Waals surface area (Å²) in [4.78, 5) is 2.16. The fourth-order valence-electron chi connectivity index (χ4n) is 2.14. The van der Waals surface area contributed by atoms with Gasteiger partial charge in [0.1, 0.15) is 5.82 Å². The topological polar surface area (TPSA) is 29.3 Å². The third-order valence-electron chi connectivity index (χ3n) is 3.09. The summed E-state index contributed by atoms with van der Waals surface area (Å²) in [5.41, 5.74) is 7.65. The second kappa shape index (κ2) is 3.91. The molecule has 0 unspecified atom stereocenters. The fourth-order valence-corrected chi connectivity index (χ4v) is 2.50. The van der Waals surface area contributed by atoms with Gasteiger partial charge in [0.05, 0.1) is 15.8 Å². The second-order valence-electron chi connectivity index (χ2n) is 5.16. The fraction of sp³-hybridized carbons (Fsp3) is 0.500. The molecule has 2 N–H and O–H groups in total. The summed E-state index contributed by atoms with van der Waals surface area (Å²) in [5.74, 6) is -0.256. The lowest BCUT2D eigenvalue weighted by atomic mass is 9.93. The molecule has 0 atom stereocenters. The van der Waals surface area contributed by atoms with E-state index in [1.165, 1.54) is 6.07 Å². The smallest absolute Gasteiger partial charge is 0.139 e. The number of benzene rings is 1. The SMILES string of the molecule is CC1(C)CCN(c2cc(F)c(Br)cc2N)C1. The van der Waals surface area contributed by atoms with Crippen molar-refractivity contribution in [3.8, 4) is 0 Å². The van der Waals surface area contributed by atoms with Gasteiger partial charge in [0.2, 0.25) is 0 Å². The van der Waals surface area contributed by atoms with Crippen molar-refractivity contribution < 1.29 is 4.39 Å². The summed E-state index contributed by atoms with van der Waals surface area (Å²) in [5, 5.41) is 0. The predicted molar refractivity (Wildman–Crippen MR) is 69.1 cm³/mol. The van der Waals surface area contributed by atoms with Crippen molar-refractivity contribution in [3.63, 3.8) is 0 Å². The molecule has 0 radical (unpaired) electrons. The molecule has 1 aliphatic heterocycles. The van der Waals surface area contributed by atoms with E-state index in [9.17, 15) is 4.39 Å². The minimum absolute atomic E-state index is 0.256. The molecule has 1 heterocycles. The van der Waals surface area contributed by atoms with Crippen molar-refractivity contribution in [2.45, 2.75) is 20.3 Å². The van der Waals surface area contributed by atoms with E-state index in [-0.39, 0.29) is 11.2 Å². The largest absolute Gasteiger partial charge is 0.397 e. The lowest BCUT2D eigenvalue weighted by molar-refractivity contribution is 0.418. The van der Waals surface area contributed by atoms with Crippen LogP contribution in [-0.4, -0.2) is 13.1 Å². The standard InChI is InChI=1S/C12H16BrFN2/c1-12(2)3-4-16(7-12)11-6-9(14)8(13)5-10(11)15/h5-6H,3-4,7,15H2,1-2H3. The molecular weight excluding hydrogens is 271 g/mol. The van der Waals surface area contributed by atoms with Crippen LogP contribution < -0.4 is 10.6 Å². The van der Waals surface area contributed by atoms with Crippen molar-refractivity contribution in [1.29, 1.82) is 0 Å². The first-order valence-corrected chi connectivity index (χ1v) is 6.18. The van der Waals surface area contributed by atoms with E-state index in [2.05, 4.69) is 34.7 Å². The lowest BCUT2D eigenvalue weighted by Gasteiger charge is -2.23. The van der Waals surface area contributed by atoms with Gasteiger partial charge in [-0.3, -0.25) is 0 Å². The molecule has 1 aliphatic rings. The molecule has 16 heavy (non-hydrogen) atoms. The molecule has 2 nitrogen and oxygen atoms in total. The quantitative estimate of drug-likeness (QED) is 0.802. The summed E-state index contributed by atoms with van der Waals surface area (Å²) in [6, 6.07) is 3.15. The number of anilines is 2. The zero-order valence-electron chi connectivity index (χ0n) is 9.56. The zero-order chi connectivity index (χ0) is 11.9. The number of hydrogen-bond donors (Lipinski definition) is 1. The van der Waals surface area contributed by atoms with Gasteiger partial charge in [0, 0.05) is 19.2 Å². The Bertz CT molecular complexity index is 418. The molecule has 1 aromatic rings. The molecule has 0 saturated carbocycles. The monoisotopic (exact) mass is 286 g/mol. The number of hydrogen-bond acceptors (Lipinski definition) is 2. The van der Waals surface area contributed by atoms with E-state index in [1.54, 1.807) is 6.07 Å². The average Bonchev–Trinajstić information content (AvgIpc) is 2.52. The van der Waals surface area contributed by atoms with Crippen LogP contribution in [0.15, 0.2) is 16.6 Å². The first-order chi connectivity index (χ1) is 7.39. The Morgan fingerprint density at radius 1 is 1.44 bits per heavy atom. The summed E-state index contributed by atoms with van der Waals surface area (Å²) in [6.45, 7) is 6.31. The van der Waals surface area contributed by atoms with Crippen LogP contribution in [0, 0.1) is 11.2 Å². The lowest BCUT2D eigenvalue weighted by Crippen LogP contribution is -2.23. The Morgan fingerprint density at radius 3 is 2.69 bits per heavy atom. The third-order valence-corrected chi connectivity index (χ3v) is 3.70. The van der Waals surface area contributed by atoms with E-state index >= 15 is 0 Å². The van der Waals surface area contributed by atoms with Crippen LogP contribution in [0.3, 0.4) is 0 Å². The second-order valence-corrected chi connectivity index (χ2v) is 6.02. The summed E-state index contributed by atoms with van der Waals surface area (Å²) in [6.07, 6.45) is 1.12. The van der Waals surface area contributed by atoms with Gasteiger partial charge in [-0.05, 0) is 33.8 Å². The molecule has 88 valence electrons. The Balaban J connectivity index is 2.32. The van der Waals surface area contributed by atoms with Gasteiger partial charge in [-0.1, -0.05) is 13.8 Å². The van der Waals surface area contributed by atoms with Crippen LogP contribution in [0.4, 0.5) is 15.8 Å². The van der Waals surface area contributed by atoms with Crippen LogP contribution in [0.1, 0.15) is 20.3 Å². The molecule has 0 amide bonds. The molecule has 1 saturated heterocycles. The molecule has 0 aromatic heterocycles. The highest BCUT2D eigenvalue weighted by atomic mass is 79.9. The van der Waals surface area contributed by atoms with Crippen molar-refractivity contribution in [2.75, 3.05) is 23.7 Å². The average molecular weight is 287 g/mol. The van der Waals surface area contributed by atoms with Gasteiger partial charge in [0.15, 0.2) is 0 Å². The van der Waals surface area contributed by atoms with Crippen LogP contribution in [-0.2, 0) is 0 Å². The normalized spacial score (nSPS) is 19.1. The third kappa shape index (κ3) is 2.17. The molecule has 4 heteroatoms. The summed E-state index contributed by atoms with van der Waals surface area (Å²) < 4.78 is 13.9. The van der Waals surface area contributed by atoms with E-state index in [0.29, 0.717) is 10.2 Å². The van der Waals surface area contributed by atoms with E-state index < -0.39 is 0 Å². The number of nitrogens with zero attached hydrogens (tertiary/aromatic N) is 1. The van der Waals surface area contributed by atoms with Crippen molar-refractivity contribution in [2.24, 2.45) is 5.41 Å². The molecule has 0 bridgehead atoms. The van der Waals surface area contributed by atoms with Crippen LogP contribution in [0.5, 0.6) is 0 Å². The molecule has 0 spiro atoms. The summed E-state index contributed by atoms with van der Waals surface area (Å²) in [7, 11) is 0. The number of halogens is 2. The molecule has 1 aromatic carbocycles. The van der Waals surface area contributed by atoms with Gasteiger partial charge >= 0.3 is 0 Å². The molecular formula is C12H16BrFN2. The Hall–Kier alpha value is -0.770. The van der Waals surface area contributed by atoms with E-state index in [4.69, 9.17) is 5.73 Å². The van der Waals surface area contributed by atoms with Crippen molar-refractivity contribution >= 4 is 27.3 Å². The maximum absolute atomic E-state index is 13.5. The number of nitrogen functional groups attached to an aromatic ring is 1. The zero-order valence-corrected chi connectivity index (χ0v) is 11.1. The predicted octanol–water partition coefficient (Wildman–Crippen LogP) is 3.41. The first-order valence-electron chi connectivity index (χ1n) is 5.38. The van der Waals surface area contributed by atoms with Gasteiger partial charge < -0.3 is 10.6 Å². The maximum Gasteiger partial charge on any atom is 0.139 e. The molecule has 1 fully saturated rings. The Labute approximate surface area is 104 Å². The minimum Gasteiger partial charge on any atom is -0.397 e. The molecule has 0 aliphatic carbocycles.